The van der Waals surface area contributed by atoms with Gasteiger partial charge >= 0.3 is 0 Å². The SMILES string of the molecule is CN1CCN(CC(c2ccc(OCc3ccccc3)c(C#N)c2)C2(O)CCCCC2)CC1.Cl.Cl. The number of benzene rings is 2. The van der Waals surface area contributed by atoms with Gasteiger partial charge < -0.3 is 19.6 Å². The van der Waals surface area contributed by atoms with Gasteiger partial charge in [-0.2, -0.15) is 5.26 Å². The van der Waals surface area contributed by atoms with Gasteiger partial charge in [0.1, 0.15) is 18.4 Å². The highest BCUT2D eigenvalue weighted by molar-refractivity contribution is 5.85. The quantitative estimate of drug-likeness (QED) is 0.573. The highest BCUT2D eigenvalue weighted by atomic mass is 35.5. The van der Waals surface area contributed by atoms with E-state index in [1.165, 1.54) is 6.42 Å². The molecule has 34 heavy (non-hydrogen) atoms. The van der Waals surface area contributed by atoms with Crippen LogP contribution in [0.3, 0.4) is 0 Å². The maximum absolute atomic E-state index is 11.7. The third-order valence-corrected chi connectivity index (χ3v) is 7.17. The molecule has 1 saturated heterocycles. The van der Waals surface area contributed by atoms with Crippen molar-refractivity contribution in [3.05, 3.63) is 65.2 Å². The minimum Gasteiger partial charge on any atom is -0.488 e. The van der Waals surface area contributed by atoms with E-state index < -0.39 is 5.60 Å². The Morgan fingerprint density at radius 2 is 1.68 bits per heavy atom. The molecule has 1 aliphatic heterocycles. The second-order valence-electron chi connectivity index (χ2n) is 9.46. The van der Waals surface area contributed by atoms with E-state index in [1.54, 1.807) is 0 Å². The standard InChI is InChI=1S/C27H35N3O2.2ClH/c1-29-14-16-30(17-15-29)20-25(27(31)12-6-3-7-13-27)23-10-11-26(24(18-23)19-28)32-21-22-8-4-2-5-9-22;;/h2,4-5,8-11,18,25,31H,3,6-7,12-17,20-21H2,1H3;2*1H. The van der Waals surface area contributed by atoms with Gasteiger partial charge in [-0.15, -0.1) is 24.8 Å². The lowest BCUT2D eigenvalue weighted by molar-refractivity contribution is -0.0337. The van der Waals surface area contributed by atoms with Gasteiger partial charge in [-0.3, -0.25) is 0 Å². The van der Waals surface area contributed by atoms with Crippen LogP contribution in [0.4, 0.5) is 0 Å². The first-order valence-electron chi connectivity index (χ1n) is 11.9. The van der Waals surface area contributed by atoms with Crippen LogP contribution in [-0.2, 0) is 6.61 Å². The van der Waals surface area contributed by atoms with E-state index in [1.807, 2.05) is 42.5 Å². The summed E-state index contributed by atoms with van der Waals surface area (Å²) in [6.45, 7) is 5.42. The lowest BCUT2D eigenvalue weighted by atomic mass is 9.72. The summed E-state index contributed by atoms with van der Waals surface area (Å²) in [6.07, 6.45) is 5.00. The van der Waals surface area contributed by atoms with Gasteiger partial charge in [-0.1, -0.05) is 55.7 Å². The van der Waals surface area contributed by atoms with Crippen molar-refractivity contribution in [3.63, 3.8) is 0 Å². The summed E-state index contributed by atoms with van der Waals surface area (Å²) < 4.78 is 5.98. The summed E-state index contributed by atoms with van der Waals surface area (Å²) in [4.78, 5) is 4.83. The Labute approximate surface area is 216 Å². The highest BCUT2D eigenvalue weighted by Gasteiger charge is 2.40. The molecule has 2 aromatic carbocycles. The van der Waals surface area contributed by atoms with E-state index >= 15 is 0 Å². The first kappa shape index (κ1) is 28.4. The molecule has 186 valence electrons. The van der Waals surface area contributed by atoms with E-state index in [0.717, 1.165) is 69.5 Å². The molecule has 0 spiro atoms. The largest absolute Gasteiger partial charge is 0.488 e. The van der Waals surface area contributed by atoms with Gasteiger partial charge in [0, 0.05) is 38.6 Å². The number of nitriles is 1. The Morgan fingerprint density at radius 3 is 2.32 bits per heavy atom. The molecule has 1 atom stereocenters. The van der Waals surface area contributed by atoms with E-state index in [4.69, 9.17) is 4.74 Å². The molecule has 0 bridgehead atoms. The van der Waals surface area contributed by atoms with Crippen molar-refractivity contribution >= 4 is 24.8 Å². The molecule has 2 fully saturated rings. The molecule has 1 aliphatic carbocycles. The first-order valence-corrected chi connectivity index (χ1v) is 11.9. The molecule has 2 aliphatic rings. The number of ether oxygens (including phenoxy) is 1. The van der Waals surface area contributed by atoms with Crippen LogP contribution in [0, 0.1) is 11.3 Å². The van der Waals surface area contributed by atoms with Gasteiger partial charge in [0.25, 0.3) is 0 Å². The topological polar surface area (TPSA) is 59.7 Å². The monoisotopic (exact) mass is 505 g/mol. The molecule has 1 N–H and O–H groups in total. The van der Waals surface area contributed by atoms with Crippen molar-refractivity contribution in [2.75, 3.05) is 39.8 Å². The van der Waals surface area contributed by atoms with Crippen LogP contribution >= 0.6 is 24.8 Å². The van der Waals surface area contributed by atoms with E-state index in [0.29, 0.717) is 17.9 Å². The fourth-order valence-corrected chi connectivity index (χ4v) is 5.10. The Morgan fingerprint density at radius 1 is 1.00 bits per heavy atom. The Bertz CT molecular complexity index is 921. The number of hydrogen-bond acceptors (Lipinski definition) is 5. The number of hydrogen-bond donors (Lipinski definition) is 1. The maximum Gasteiger partial charge on any atom is 0.137 e. The van der Waals surface area contributed by atoms with Crippen LogP contribution in [0.25, 0.3) is 0 Å². The molecule has 1 heterocycles. The van der Waals surface area contributed by atoms with Crippen LogP contribution in [0.5, 0.6) is 5.75 Å². The summed E-state index contributed by atoms with van der Waals surface area (Å²) in [6, 6.07) is 18.3. The molecular weight excluding hydrogens is 469 g/mol. The van der Waals surface area contributed by atoms with Crippen LogP contribution in [-0.4, -0.2) is 60.3 Å². The molecular formula is C27H37Cl2N3O2. The highest BCUT2D eigenvalue weighted by Crippen LogP contribution is 2.41. The second kappa shape index (κ2) is 13.3. The minimum absolute atomic E-state index is 0. The smallest absolute Gasteiger partial charge is 0.137 e. The summed E-state index contributed by atoms with van der Waals surface area (Å²) in [5, 5.41) is 21.5. The van der Waals surface area contributed by atoms with Crippen LogP contribution in [0.1, 0.15) is 54.7 Å². The van der Waals surface area contributed by atoms with Crippen LogP contribution < -0.4 is 4.74 Å². The van der Waals surface area contributed by atoms with Gasteiger partial charge in [-0.05, 0) is 43.1 Å². The minimum atomic E-state index is -0.708. The lowest BCUT2D eigenvalue weighted by Gasteiger charge is -2.43. The molecule has 1 saturated carbocycles. The average molecular weight is 507 g/mol. The number of nitrogens with zero attached hydrogens (tertiary/aromatic N) is 3. The van der Waals surface area contributed by atoms with Gasteiger partial charge in [-0.25, -0.2) is 0 Å². The predicted octanol–water partition coefficient (Wildman–Crippen LogP) is 5.01. The molecule has 2 aromatic rings. The zero-order chi connectivity index (χ0) is 22.4. The van der Waals surface area contributed by atoms with Crippen molar-refractivity contribution in [3.8, 4) is 11.8 Å². The number of rotatable bonds is 7. The molecule has 5 nitrogen and oxygen atoms in total. The fraction of sp³-hybridized carbons (Fsp3) is 0.519. The normalized spacial score (nSPS) is 19.2. The van der Waals surface area contributed by atoms with E-state index in [9.17, 15) is 10.4 Å². The second-order valence-corrected chi connectivity index (χ2v) is 9.46. The molecule has 7 heteroatoms. The van der Waals surface area contributed by atoms with E-state index in [2.05, 4.69) is 29.0 Å². The Hall–Kier alpha value is -1.81. The van der Waals surface area contributed by atoms with E-state index in [-0.39, 0.29) is 30.7 Å². The van der Waals surface area contributed by atoms with Gasteiger partial charge in [0.15, 0.2) is 0 Å². The van der Waals surface area contributed by atoms with Crippen molar-refractivity contribution in [2.45, 2.75) is 50.2 Å². The molecule has 0 aromatic heterocycles. The molecule has 1 unspecified atom stereocenters. The predicted molar refractivity (Wildman–Crippen MR) is 141 cm³/mol. The molecule has 0 radical (unpaired) electrons. The van der Waals surface area contributed by atoms with Crippen LogP contribution in [0.2, 0.25) is 0 Å². The van der Waals surface area contributed by atoms with Gasteiger partial charge in [0.05, 0.1) is 11.2 Å². The zero-order valence-electron chi connectivity index (χ0n) is 20.0. The molecule has 4 rings (SSSR count). The zero-order valence-corrected chi connectivity index (χ0v) is 21.6. The number of piperazine rings is 1. The number of likely N-dealkylation sites (N-methyl/N-ethyl adjacent to an activating group) is 1. The first-order chi connectivity index (χ1) is 15.6. The summed E-state index contributed by atoms with van der Waals surface area (Å²) in [5.41, 5.74) is 1.96. The van der Waals surface area contributed by atoms with Gasteiger partial charge in [0.2, 0.25) is 0 Å². The Balaban J connectivity index is 0.00000204. The van der Waals surface area contributed by atoms with Crippen molar-refractivity contribution in [1.82, 2.24) is 9.80 Å². The van der Waals surface area contributed by atoms with Crippen molar-refractivity contribution in [1.29, 1.82) is 5.26 Å². The fourth-order valence-electron chi connectivity index (χ4n) is 5.10. The maximum atomic E-state index is 11.7. The third-order valence-electron chi connectivity index (χ3n) is 7.17. The van der Waals surface area contributed by atoms with Crippen LogP contribution in [0.15, 0.2) is 48.5 Å². The summed E-state index contributed by atoms with van der Waals surface area (Å²) >= 11 is 0. The number of aliphatic hydroxyl groups is 1. The number of halogens is 2. The molecule has 0 amide bonds. The van der Waals surface area contributed by atoms with Crippen molar-refractivity contribution in [2.24, 2.45) is 0 Å². The average Bonchev–Trinajstić information content (AvgIpc) is 2.83. The third kappa shape index (κ3) is 7.10. The Kier molecular flexibility index (Phi) is 11.1. The lowest BCUT2D eigenvalue weighted by Crippen LogP contribution is -2.50. The van der Waals surface area contributed by atoms with Crippen molar-refractivity contribution < 1.29 is 9.84 Å². The summed E-state index contributed by atoms with van der Waals surface area (Å²) in [7, 11) is 2.16. The summed E-state index contributed by atoms with van der Waals surface area (Å²) in [5.74, 6) is 0.607.